The number of ether oxygens (including phenoxy) is 1. The molecule has 3 atom stereocenters. The highest BCUT2D eigenvalue weighted by Gasteiger charge is 2.29. The molecule has 0 saturated heterocycles. The molecule has 0 bridgehead atoms. The van der Waals surface area contributed by atoms with Gasteiger partial charge < -0.3 is 20.5 Å². The summed E-state index contributed by atoms with van der Waals surface area (Å²) in [5.41, 5.74) is 1.86. The lowest BCUT2D eigenvalue weighted by molar-refractivity contribution is -0.126. The van der Waals surface area contributed by atoms with Crippen molar-refractivity contribution >= 4 is 25.8 Å². The maximum absolute atomic E-state index is 13.4. The summed E-state index contributed by atoms with van der Waals surface area (Å²) in [5, 5.41) is 17.2. The number of carbonyl (C=O) groups is 1. The molecule has 4 N–H and O–H groups in total. The average Bonchev–Trinajstić information content (AvgIpc) is 2.91. The standard InChI is InChI=1S/C29H45N3O7S2/c1-5-40(35,36)21-25(14-15-31-41(37,38)20-22(2)3)29(34)32-27(17-23-10-7-6-8-11-23)28(33)19-30-18-24-12-9-13-26(16-24)39-4/h6-13,16,22,25,27-28,30-31,33H,5,14-15,17-21H2,1-4H3,(H,32,34)/t25?,27-,28+/m0/s1. The quantitative estimate of drug-likeness (QED) is 0.188. The molecule has 0 aliphatic heterocycles. The smallest absolute Gasteiger partial charge is 0.224 e. The molecule has 0 spiro atoms. The first-order chi connectivity index (χ1) is 19.3. The van der Waals surface area contributed by atoms with Gasteiger partial charge in [-0.15, -0.1) is 0 Å². The highest BCUT2D eigenvalue weighted by atomic mass is 32.2. The Hall–Kier alpha value is -2.51. The zero-order valence-electron chi connectivity index (χ0n) is 24.4. The fourth-order valence-electron chi connectivity index (χ4n) is 4.34. The van der Waals surface area contributed by atoms with E-state index in [2.05, 4.69) is 15.4 Å². The largest absolute Gasteiger partial charge is 0.497 e. The number of sulfonamides is 1. The van der Waals surface area contributed by atoms with Gasteiger partial charge >= 0.3 is 0 Å². The second-order valence-electron chi connectivity index (χ2n) is 10.6. The summed E-state index contributed by atoms with van der Waals surface area (Å²) in [6.45, 7) is 5.64. The lowest BCUT2D eigenvalue weighted by atomic mass is 9.99. The number of carbonyl (C=O) groups excluding carboxylic acids is 1. The van der Waals surface area contributed by atoms with Gasteiger partial charge in [0.15, 0.2) is 9.84 Å². The summed E-state index contributed by atoms with van der Waals surface area (Å²) in [5.74, 6) is -1.51. The first kappa shape index (κ1) is 34.7. The molecule has 0 aromatic heterocycles. The number of nitrogens with one attached hydrogen (secondary N) is 3. The molecule has 2 aromatic carbocycles. The molecular formula is C29H45N3O7S2. The van der Waals surface area contributed by atoms with Crippen LogP contribution in [0.25, 0.3) is 0 Å². The number of sulfone groups is 1. The van der Waals surface area contributed by atoms with Gasteiger partial charge in [0.25, 0.3) is 0 Å². The first-order valence-corrected chi connectivity index (χ1v) is 17.3. The molecule has 0 heterocycles. The Bertz CT molecular complexity index is 1290. The van der Waals surface area contributed by atoms with Crippen molar-refractivity contribution in [2.75, 3.05) is 37.5 Å². The topological polar surface area (TPSA) is 151 Å². The molecule has 230 valence electrons. The normalized spacial score (nSPS) is 14.4. The molecule has 0 aliphatic carbocycles. The fourth-order valence-corrected chi connectivity index (χ4v) is 6.93. The minimum absolute atomic E-state index is 0.00459. The maximum Gasteiger partial charge on any atom is 0.224 e. The summed E-state index contributed by atoms with van der Waals surface area (Å²) < 4.78 is 57.2. The third-order valence-corrected chi connectivity index (χ3v) is 10.1. The summed E-state index contributed by atoms with van der Waals surface area (Å²) in [6, 6.07) is 16.2. The highest BCUT2D eigenvalue weighted by molar-refractivity contribution is 7.91. The van der Waals surface area contributed by atoms with Crippen molar-refractivity contribution in [2.45, 2.75) is 52.3 Å². The van der Waals surface area contributed by atoms with E-state index >= 15 is 0 Å². The van der Waals surface area contributed by atoms with Crippen molar-refractivity contribution in [1.82, 2.24) is 15.4 Å². The molecule has 0 saturated carbocycles. The van der Waals surface area contributed by atoms with E-state index < -0.39 is 49.6 Å². The van der Waals surface area contributed by atoms with Gasteiger partial charge in [0.2, 0.25) is 15.9 Å². The van der Waals surface area contributed by atoms with Gasteiger partial charge in [0.1, 0.15) is 5.75 Å². The molecule has 10 nitrogen and oxygen atoms in total. The first-order valence-electron chi connectivity index (χ1n) is 13.9. The third kappa shape index (κ3) is 13.3. The highest BCUT2D eigenvalue weighted by Crippen LogP contribution is 2.14. The summed E-state index contributed by atoms with van der Waals surface area (Å²) in [4.78, 5) is 13.4. The molecular weight excluding hydrogens is 566 g/mol. The second kappa shape index (κ2) is 16.8. The van der Waals surface area contributed by atoms with Gasteiger partial charge in [-0.05, 0) is 42.0 Å². The SMILES string of the molecule is CCS(=O)(=O)CC(CCNS(=O)(=O)CC(C)C)C(=O)N[C@@H](Cc1ccccc1)[C@H](O)CNCc1cccc(OC)c1. The predicted molar refractivity (Wildman–Crippen MR) is 162 cm³/mol. The van der Waals surface area contributed by atoms with Crippen LogP contribution in [-0.4, -0.2) is 77.5 Å². The van der Waals surface area contributed by atoms with Crippen LogP contribution in [0.2, 0.25) is 0 Å². The number of benzene rings is 2. The van der Waals surface area contributed by atoms with Crippen molar-refractivity contribution in [3.8, 4) is 5.75 Å². The molecule has 2 rings (SSSR count). The van der Waals surface area contributed by atoms with Gasteiger partial charge in [0.05, 0.1) is 36.7 Å². The molecule has 0 radical (unpaired) electrons. The Morgan fingerprint density at radius 2 is 1.66 bits per heavy atom. The summed E-state index contributed by atoms with van der Waals surface area (Å²) in [6.07, 6.45) is -0.661. The maximum atomic E-state index is 13.4. The number of hydrogen-bond donors (Lipinski definition) is 4. The number of aliphatic hydroxyl groups excluding tert-OH is 1. The Kier molecular flexibility index (Phi) is 14.2. The zero-order chi connectivity index (χ0) is 30.5. The van der Waals surface area contributed by atoms with Crippen LogP contribution in [-0.2, 0) is 37.6 Å². The number of methoxy groups -OCH3 is 1. The molecule has 1 unspecified atom stereocenters. The summed E-state index contributed by atoms with van der Waals surface area (Å²) in [7, 11) is -5.50. The van der Waals surface area contributed by atoms with Gasteiger partial charge in [-0.2, -0.15) is 0 Å². The average molecular weight is 612 g/mol. The summed E-state index contributed by atoms with van der Waals surface area (Å²) >= 11 is 0. The minimum Gasteiger partial charge on any atom is -0.497 e. The van der Waals surface area contributed by atoms with E-state index in [1.54, 1.807) is 21.0 Å². The lowest BCUT2D eigenvalue weighted by Crippen LogP contribution is -2.51. The van der Waals surface area contributed by atoms with Crippen molar-refractivity contribution in [2.24, 2.45) is 11.8 Å². The van der Waals surface area contributed by atoms with Crippen LogP contribution in [0.4, 0.5) is 0 Å². The Balaban J connectivity index is 2.14. The van der Waals surface area contributed by atoms with E-state index in [4.69, 9.17) is 4.74 Å². The molecule has 41 heavy (non-hydrogen) atoms. The predicted octanol–water partition coefficient (Wildman–Crippen LogP) is 1.89. The van der Waals surface area contributed by atoms with E-state index in [-0.39, 0.29) is 36.9 Å². The van der Waals surface area contributed by atoms with Crippen LogP contribution < -0.4 is 20.1 Å². The van der Waals surface area contributed by atoms with Crippen LogP contribution in [0, 0.1) is 11.8 Å². The van der Waals surface area contributed by atoms with Crippen LogP contribution >= 0.6 is 0 Å². The number of rotatable bonds is 19. The van der Waals surface area contributed by atoms with E-state index in [9.17, 15) is 26.7 Å². The van der Waals surface area contributed by atoms with Crippen LogP contribution in [0.3, 0.4) is 0 Å². The van der Waals surface area contributed by atoms with E-state index in [1.165, 1.54) is 6.92 Å². The van der Waals surface area contributed by atoms with Gasteiger partial charge in [0, 0.05) is 25.4 Å². The number of aliphatic hydroxyl groups is 1. The number of amides is 1. The Labute approximate surface area is 245 Å². The second-order valence-corrected chi connectivity index (χ2v) is 14.9. The van der Waals surface area contributed by atoms with Gasteiger partial charge in [-0.1, -0.05) is 63.2 Å². The van der Waals surface area contributed by atoms with Crippen molar-refractivity contribution in [3.05, 3.63) is 65.7 Å². The zero-order valence-corrected chi connectivity index (χ0v) is 26.0. The number of hydrogen-bond acceptors (Lipinski definition) is 8. The molecule has 2 aromatic rings. The molecule has 1 amide bonds. The van der Waals surface area contributed by atoms with Crippen LogP contribution in [0.15, 0.2) is 54.6 Å². The fraction of sp³-hybridized carbons (Fsp3) is 0.552. The molecule has 0 aliphatic rings. The Morgan fingerprint density at radius 3 is 2.29 bits per heavy atom. The van der Waals surface area contributed by atoms with E-state index in [0.717, 1.165) is 16.9 Å². The van der Waals surface area contributed by atoms with Crippen LogP contribution in [0.5, 0.6) is 5.75 Å². The van der Waals surface area contributed by atoms with Crippen molar-refractivity contribution < 1.29 is 31.5 Å². The lowest BCUT2D eigenvalue weighted by Gasteiger charge is -2.27. The van der Waals surface area contributed by atoms with Gasteiger partial charge in [-0.25, -0.2) is 21.6 Å². The van der Waals surface area contributed by atoms with Crippen molar-refractivity contribution in [1.29, 1.82) is 0 Å². The van der Waals surface area contributed by atoms with Gasteiger partial charge in [-0.3, -0.25) is 4.79 Å². The Morgan fingerprint density at radius 1 is 0.976 bits per heavy atom. The van der Waals surface area contributed by atoms with Crippen LogP contribution in [0.1, 0.15) is 38.3 Å². The third-order valence-electron chi connectivity index (χ3n) is 6.54. The molecule has 12 heteroatoms. The van der Waals surface area contributed by atoms with Crippen molar-refractivity contribution in [3.63, 3.8) is 0 Å². The van der Waals surface area contributed by atoms with E-state index in [0.29, 0.717) is 13.0 Å². The van der Waals surface area contributed by atoms with E-state index in [1.807, 2.05) is 54.6 Å². The molecule has 0 fully saturated rings. The minimum atomic E-state index is -3.55. The monoisotopic (exact) mass is 611 g/mol.